The fourth-order valence-corrected chi connectivity index (χ4v) is 4.23. The van der Waals surface area contributed by atoms with E-state index in [-0.39, 0.29) is 11.8 Å². The summed E-state index contributed by atoms with van der Waals surface area (Å²) in [6, 6.07) is 5.36. The Labute approximate surface area is 137 Å². The predicted molar refractivity (Wildman–Crippen MR) is 88.0 cm³/mol. The van der Waals surface area contributed by atoms with Crippen molar-refractivity contribution in [3.63, 3.8) is 0 Å². The zero-order valence-corrected chi connectivity index (χ0v) is 14.4. The minimum absolute atomic E-state index is 0.0553. The molecular weight excluding hydrogens is 317 g/mol. The number of halogens is 1. The lowest BCUT2D eigenvalue weighted by atomic mass is 9.86. The van der Waals surface area contributed by atoms with Crippen LogP contribution in [0.2, 0.25) is 0 Å². The van der Waals surface area contributed by atoms with E-state index in [4.69, 9.17) is 0 Å². The maximum atomic E-state index is 12.9. The van der Waals surface area contributed by atoms with Gasteiger partial charge in [0.2, 0.25) is 5.91 Å². The summed E-state index contributed by atoms with van der Waals surface area (Å²) in [5.41, 5.74) is 0.483. The quantitative estimate of drug-likeness (QED) is 0.896. The number of sulfone groups is 1. The number of rotatable bonds is 5. The van der Waals surface area contributed by atoms with Crippen LogP contribution in [0.5, 0.6) is 0 Å². The molecule has 1 aliphatic carbocycles. The van der Waals surface area contributed by atoms with Crippen molar-refractivity contribution in [1.29, 1.82) is 0 Å². The third kappa shape index (κ3) is 4.77. The molecule has 23 heavy (non-hydrogen) atoms. The molecule has 1 aliphatic rings. The molecule has 0 spiro atoms. The van der Waals surface area contributed by atoms with E-state index in [0.717, 1.165) is 25.7 Å². The fourth-order valence-electron chi connectivity index (χ4n) is 2.93. The normalized spacial score (nSPS) is 23.3. The molecule has 0 heterocycles. The van der Waals surface area contributed by atoms with E-state index in [1.807, 2.05) is 0 Å². The van der Waals surface area contributed by atoms with E-state index >= 15 is 0 Å². The number of benzene rings is 1. The molecule has 1 amide bonds. The van der Waals surface area contributed by atoms with Crippen LogP contribution in [-0.2, 0) is 20.4 Å². The van der Waals surface area contributed by atoms with Crippen molar-refractivity contribution in [2.45, 2.75) is 56.6 Å². The molecule has 0 aromatic heterocycles. The molecule has 1 fully saturated rings. The van der Waals surface area contributed by atoms with E-state index in [0.29, 0.717) is 11.5 Å². The number of hydrogen-bond donors (Lipinski definition) is 1. The lowest BCUT2D eigenvalue weighted by Gasteiger charge is -2.30. The first-order valence-electron chi connectivity index (χ1n) is 8.06. The molecule has 6 heteroatoms. The van der Waals surface area contributed by atoms with Gasteiger partial charge in [0.25, 0.3) is 0 Å². The number of nitrogens with one attached hydrogen (secondary N) is 1. The average molecular weight is 341 g/mol. The van der Waals surface area contributed by atoms with Crippen molar-refractivity contribution >= 4 is 15.7 Å². The highest BCUT2D eigenvalue weighted by Gasteiger charge is 2.31. The maximum absolute atomic E-state index is 12.9. The largest absolute Gasteiger partial charge is 0.352 e. The first kappa shape index (κ1) is 17.9. The fraction of sp³-hybridized carbons (Fsp3) is 0.588. The monoisotopic (exact) mass is 341 g/mol. The van der Waals surface area contributed by atoms with Gasteiger partial charge in [-0.25, -0.2) is 12.8 Å². The van der Waals surface area contributed by atoms with Crippen molar-refractivity contribution in [2.24, 2.45) is 5.92 Å². The Morgan fingerprint density at radius 1 is 1.26 bits per heavy atom. The molecule has 1 aromatic rings. The lowest BCUT2D eigenvalue weighted by Crippen LogP contribution is -2.47. The zero-order valence-electron chi connectivity index (χ0n) is 13.6. The molecule has 0 bridgehead atoms. The maximum Gasteiger partial charge on any atom is 0.238 e. The topological polar surface area (TPSA) is 63.2 Å². The molecular formula is C17H24FNO3S. The molecule has 2 rings (SSSR count). The SMILES string of the molecule is CC1CCCCC1NC(=O)C(C)S(=O)(=O)Cc1ccc(F)cc1. The summed E-state index contributed by atoms with van der Waals surface area (Å²) in [5, 5.41) is 1.78. The molecule has 3 atom stereocenters. The Morgan fingerprint density at radius 3 is 2.48 bits per heavy atom. The van der Waals surface area contributed by atoms with Crippen molar-refractivity contribution in [1.82, 2.24) is 5.32 Å². The average Bonchev–Trinajstić information content (AvgIpc) is 2.51. The van der Waals surface area contributed by atoms with Crippen molar-refractivity contribution in [2.75, 3.05) is 0 Å². The smallest absolute Gasteiger partial charge is 0.238 e. The standard InChI is InChI=1S/C17H24FNO3S/c1-12-5-3-4-6-16(12)19-17(20)13(2)23(21,22)11-14-7-9-15(18)10-8-14/h7-10,12-13,16H,3-6,11H2,1-2H3,(H,19,20). The van der Waals surface area contributed by atoms with E-state index in [1.165, 1.54) is 31.2 Å². The van der Waals surface area contributed by atoms with Gasteiger partial charge >= 0.3 is 0 Å². The molecule has 1 aromatic carbocycles. The van der Waals surface area contributed by atoms with Crippen molar-refractivity contribution < 1.29 is 17.6 Å². The summed E-state index contributed by atoms with van der Waals surface area (Å²) >= 11 is 0. The number of carbonyl (C=O) groups excluding carboxylic acids is 1. The summed E-state index contributed by atoms with van der Waals surface area (Å²) < 4.78 is 37.7. The van der Waals surface area contributed by atoms with Crippen LogP contribution in [0.15, 0.2) is 24.3 Å². The van der Waals surface area contributed by atoms with Crippen LogP contribution in [-0.4, -0.2) is 25.6 Å². The van der Waals surface area contributed by atoms with Crippen LogP contribution in [0.3, 0.4) is 0 Å². The van der Waals surface area contributed by atoms with Gasteiger partial charge in [-0.1, -0.05) is 31.9 Å². The van der Waals surface area contributed by atoms with Crippen molar-refractivity contribution in [3.05, 3.63) is 35.6 Å². The highest BCUT2D eigenvalue weighted by Crippen LogP contribution is 2.24. The zero-order chi connectivity index (χ0) is 17.0. The first-order valence-corrected chi connectivity index (χ1v) is 9.77. The number of carbonyl (C=O) groups is 1. The van der Waals surface area contributed by atoms with Gasteiger partial charge in [0, 0.05) is 6.04 Å². The van der Waals surface area contributed by atoms with Crippen LogP contribution in [0, 0.1) is 11.7 Å². The second-order valence-corrected chi connectivity index (χ2v) is 8.77. The third-order valence-electron chi connectivity index (χ3n) is 4.63. The van der Waals surface area contributed by atoms with Gasteiger partial charge in [-0.05, 0) is 43.4 Å². The van der Waals surface area contributed by atoms with Crippen LogP contribution in [0.25, 0.3) is 0 Å². The number of hydrogen-bond acceptors (Lipinski definition) is 3. The van der Waals surface area contributed by atoms with Gasteiger partial charge in [-0.2, -0.15) is 0 Å². The molecule has 0 aliphatic heterocycles. The molecule has 0 saturated heterocycles. The first-order chi connectivity index (χ1) is 10.8. The molecule has 0 radical (unpaired) electrons. The third-order valence-corrected chi connectivity index (χ3v) is 6.66. The van der Waals surface area contributed by atoms with Crippen molar-refractivity contribution in [3.8, 4) is 0 Å². The highest BCUT2D eigenvalue weighted by molar-refractivity contribution is 7.92. The van der Waals surface area contributed by atoms with Gasteiger partial charge < -0.3 is 5.32 Å². The second-order valence-electron chi connectivity index (χ2n) is 6.45. The summed E-state index contributed by atoms with van der Waals surface area (Å²) in [4.78, 5) is 12.3. The Bertz CT molecular complexity index is 642. The van der Waals surface area contributed by atoms with Gasteiger partial charge in [0.05, 0.1) is 5.75 Å². The lowest BCUT2D eigenvalue weighted by molar-refractivity contribution is -0.121. The second kappa shape index (κ2) is 7.43. The Hall–Kier alpha value is -1.43. The van der Waals surface area contributed by atoms with Gasteiger partial charge in [0.15, 0.2) is 9.84 Å². The molecule has 128 valence electrons. The van der Waals surface area contributed by atoms with E-state index < -0.39 is 26.8 Å². The van der Waals surface area contributed by atoms with Crippen LogP contribution in [0.4, 0.5) is 4.39 Å². The summed E-state index contributed by atoms with van der Waals surface area (Å²) in [7, 11) is -3.63. The van der Waals surface area contributed by atoms with Gasteiger partial charge in [-0.3, -0.25) is 4.79 Å². The van der Waals surface area contributed by atoms with E-state index in [9.17, 15) is 17.6 Å². The summed E-state index contributed by atoms with van der Waals surface area (Å²) in [6.07, 6.45) is 4.18. The van der Waals surface area contributed by atoms with Crippen LogP contribution >= 0.6 is 0 Å². The Kier molecular flexibility index (Phi) is 5.79. The van der Waals surface area contributed by atoms with E-state index in [2.05, 4.69) is 12.2 Å². The van der Waals surface area contributed by atoms with Gasteiger partial charge in [-0.15, -0.1) is 0 Å². The minimum Gasteiger partial charge on any atom is -0.352 e. The highest BCUT2D eigenvalue weighted by atomic mass is 32.2. The van der Waals surface area contributed by atoms with Crippen LogP contribution < -0.4 is 5.32 Å². The van der Waals surface area contributed by atoms with E-state index in [1.54, 1.807) is 0 Å². The van der Waals surface area contributed by atoms with Crippen LogP contribution in [0.1, 0.15) is 45.1 Å². The molecule has 1 N–H and O–H groups in total. The molecule has 3 unspecified atom stereocenters. The summed E-state index contributed by atoms with van der Waals surface area (Å²) in [5.74, 6) is -0.740. The summed E-state index contributed by atoms with van der Waals surface area (Å²) in [6.45, 7) is 3.50. The predicted octanol–water partition coefficient (Wildman–Crippen LogP) is 2.82. The number of amides is 1. The molecule has 4 nitrogen and oxygen atoms in total. The minimum atomic E-state index is -3.63. The molecule has 1 saturated carbocycles. The van der Waals surface area contributed by atoms with Gasteiger partial charge in [0.1, 0.15) is 11.1 Å². The Morgan fingerprint density at radius 2 is 1.87 bits per heavy atom. The Balaban J connectivity index is 2.00.